The molecule has 0 aliphatic heterocycles. The lowest BCUT2D eigenvalue weighted by atomic mass is 9.80. The third-order valence-corrected chi connectivity index (χ3v) is 6.78. The Kier molecular flexibility index (Phi) is 7.56. The van der Waals surface area contributed by atoms with E-state index < -0.39 is 8.60 Å². The van der Waals surface area contributed by atoms with Gasteiger partial charge >= 0.3 is 8.60 Å². The highest BCUT2D eigenvalue weighted by Crippen LogP contribution is 2.43. The fourth-order valence-corrected chi connectivity index (χ4v) is 4.51. The smallest absolute Gasteiger partial charge is 0.418 e. The molecule has 0 bridgehead atoms. The van der Waals surface area contributed by atoms with Crippen LogP contribution in [0.25, 0.3) is 0 Å². The molecule has 0 spiro atoms. The number of para-hydroxylation sites is 1. The summed E-state index contributed by atoms with van der Waals surface area (Å²) in [5.41, 5.74) is 7.03. The lowest BCUT2D eigenvalue weighted by Gasteiger charge is -2.27. The number of hydrogen-bond acceptors (Lipinski definition) is 3. The molecule has 33 heavy (non-hydrogen) atoms. The van der Waals surface area contributed by atoms with Gasteiger partial charge in [0.05, 0.1) is 0 Å². The van der Waals surface area contributed by atoms with Crippen molar-refractivity contribution in [2.45, 2.75) is 72.6 Å². The van der Waals surface area contributed by atoms with Crippen LogP contribution in [0.5, 0.6) is 11.5 Å². The van der Waals surface area contributed by atoms with Crippen molar-refractivity contribution in [3.8, 4) is 11.5 Å². The summed E-state index contributed by atoms with van der Waals surface area (Å²) in [5.74, 6) is 1.31. The SMILES string of the molecule is Cc1cccc(Cc2ccccc2OP(O)Oc2ccc(C(C)(C)C)cc2C(C)(C)C)c1C. The Bertz CT molecular complexity index is 1110. The first-order valence-corrected chi connectivity index (χ1v) is 12.6. The van der Waals surface area contributed by atoms with Gasteiger partial charge in [-0.2, -0.15) is 0 Å². The van der Waals surface area contributed by atoms with E-state index in [2.05, 4.69) is 85.7 Å². The van der Waals surface area contributed by atoms with Crippen LogP contribution in [-0.2, 0) is 17.3 Å². The van der Waals surface area contributed by atoms with E-state index in [9.17, 15) is 4.89 Å². The van der Waals surface area contributed by atoms with Crippen LogP contribution >= 0.6 is 8.60 Å². The molecule has 4 heteroatoms. The summed E-state index contributed by atoms with van der Waals surface area (Å²) in [7, 11) is -2.14. The third kappa shape index (κ3) is 6.37. The first-order chi connectivity index (χ1) is 15.4. The fraction of sp³-hybridized carbons (Fsp3) is 0.379. The monoisotopic (exact) mass is 464 g/mol. The summed E-state index contributed by atoms with van der Waals surface area (Å²) in [5, 5.41) is 0. The van der Waals surface area contributed by atoms with E-state index in [1.807, 2.05) is 30.3 Å². The molecule has 3 nitrogen and oxygen atoms in total. The van der Waals surface area contributed by atoms with Crippen LogP contribution in [0, 0.1) is 13.8 Å². The minimum absolute atomic E-state index is 0.0336. The van der Waals surface area contributed by atoms with Gasteiger partial charge in [0.15, 0.2) is 0 Å². The van der Waals surface area contributed by atoms with Gasteiger partial charge < -0.3 is 13.9 Å². The van der Waals surface area contributed by atoms with Gasteiger partial charge in [0.25, 0.3) is 0 Å². The van der Waals surface area contributed by atoms with Crippen molar-refractivity contribution in [1.29, 1.82) is 0 Å². The molecule has 0 radical (unpaired) electrons. The second-order valence-corrected chi connectivity index (χ2v) is 11.6. The normalized spacial score (nSPS) is 13.0. The molecule has 3 aromatic rings. The second-order valence-electron chi connectivity index (χ2n) is 10.8. The minimum atomic E-state index is -2.14. The van der Waals surface area contributed by atoms with Crippen LogP contribution in [0.3, 0.4) is 0 Å². The number of aryl methyl sites for hydroxylation is 1. The maximum absolute atomic E-state index is 10.8. The number of hydrogen-bond donors (Lipinski definition) is 1. The third-order valence-electron chi connectivity index (χ3n) is 6.08. The molecule has 176 valence electrons. The van der Waals surface area contributed by atoms with Gasteiger partial charge in [-0.15, -0.1) is 0 Å². The van der Waals surface area contributed by atoms with Crippen molar-refractivity contribution in [3.05, 3.63) is 94.0 Å². The first-order valence-electron chi connectivity index (χ1n) is 11.5. The molecule has 0 aliphatic rings. The van der Waals surface area contributed by atoms with Crippen LogP contribution in [-0.4, -0.2) is 4.89 Å². The predicted molar refractivity (Wildman–Crippen MR) is 139 cm³/mol. The summed E-state index contributed by atoms with van der Waals surface area (Å²) in [4.78, 5) is 10.8. The van der Waals surface area contributed by atoms with Gasteiger partial charge in [-0.1, -0.05) is 90.1 Å². The largest absolute Gasteiger partial charge is 0.460 e. The van der Waals surface area contributed by atoms with E-state index in [0.717, 1.165) is 17.5 Å². The molecule has 3 rings (SSSR count). The molecular weight excluding hydrogens is 427 g/mol. The standard InChI is InChI=1S/C29H37O3P/c1-20-12-11-14-22(21(20)2)18-23-13-9-10-15-26(23)31-33(30)32-27-17-16-24(28(3,4)5)19-25(27)29(6,7)8/h9-17,19,30H,18H2,1-8H3. The van der Waals surface area contributed by atoms with Crippen LogP contribution in [0.15, 0.2) is 60.7 Å². The molecule has 0 saturated heterocycles. The molecule has 1 N–H and O–H groups in total. The molecule has 0 saturated carbocycles. The molecule has 0 aliphatic carbocycles. The average molecular weight is 465 g/mol. The Morgan fingerprint density at radius 1 is 0.727 bits per heavy atom. The van der Waals surface area contributed by atoms with Crippen molar-refractivity contribution in [2.24, 2.45) is 0 Å². The molecule has 0 heterocycles. The maximum atomic E-state index is 10.8. The van der Waals surface area contributed by atoms with Gasteiger partial charge in [-0.05, 0) is 64.6 Å². The van der Waals surface area contributed by atoms with E-state index in [1.165, 1.54) is 22.3 Å². The van der Waals surface area contributed by atoms with E-state index in [-0.39, 0.29) is 10.8 Å². The first kappa shape index (κ1) is 25.3. The van der Waals surface area contributed by atoms with Crippen molar-refractivity contribution in [3.63, 3.8) is 0 Å². The molecule has 3 aromatic carbocycles. The van der Waals surface area contributed by atoms with Gasteiger partial charge in [0.1, 0.15) is 11.5 Å². The highest BCUT2D eigenvalue weighted by atomic mass is 31.2. The fourth-order valence-electron chi connectivity index (χ4n) is 3.80. The number of rotatable bonds is 6. The molecule has 1 atom stereocenters. The van der Waals surface area contributed by atoms with E-state index >= 15 is 0 Å². The van der Waals surface area contributed by atoms with E-state index in [4.69, 9.17) is 9.05 Å². The molecule has 1 unspecified atom stereocenters. The zero-order valence-corrected chi connectivity index (χ0v) is 22.1. The summed E-state index contributed by atoms with van der Waals surface area (Å²) < 4.78 is 11.9. The average Bonchev–Trinajstić information content (AvgIpc) is 2.71. The lowest BCUT2D eigenvalue weighted by Crippen LogP contribution is -2.17. The van der Waals surface area contributed by atoms with Crippen LogP contribution in [0.2, 0.25) is 0 Å². The van der Waals surface area contributed by atoms with Crippen molar-refractivity contribution >= 4 is 8.60 Å². The Morgan fingerprint density at radius 2 is 1.36 bits per heavy atom. The summed E-state index contributed by atoms with van der Waals surface area (Å²) in [6, 6.07) is 20.4. The number of benzene rings is 3. The van der Waals surface area contributed by atoms with Crippen LogP contribution in [0.4, 0.5) is 0 Å². The topological polar surface area (TPSA) is 38.7 Å². The lowest BCUT2D eigenvalue weighted by molar-refractivity contribution is 0.374. The molecular formula is C29H37O3P. The highest BCUT2D eigenvalue weighted by molar-refractivity contribution is 7.41. The summed E-state index contributed by atoms with van der Waals surface area (Å²) in [6.45, 7) is 17.3. The maximum Gasteiger partial charge on any atom is 0.460 e. The Labute approximate surface area is 200 Å². The Hall–Kier alpha value is -2.35. The second kappa shape index (κ2) is 9.87. The Balaban J connectivity index is 1.83. The molecule has 0 amide bonds. The predicted octanol–water partition coefficient (Wildman–Crippen LogP) is 8.17. The zero-order valence-electron chi connectivity index (χ0n) is 21.2. The van der Waals surface area contributed by atoms with Crippen LogP contribution in [0.1, 0.15) is 74.9 Å². The quantitative estimate of drug-likeness (QED) is 0.374. The zero-order chi connectivity index (χ0) is 24.4. The van der Waals surface area contributed by atoms with Crippen molar-refractivity contribution in [1.82, 2.24) is 0 Å². The van der Waals surface area contributed by atoms with E-state index in [1.54, 1.807) is 0 Å². The van der Waals surface area contributed by atoms with Crippen LogP contribution < -0.4 is 9.05 Å². The minimum Gasteiger partial charge on any atom is -0.418 e. The van der Waals surface area contributed by atoms with E-state index in [0.29, 0.717) is 11.5 Å². The van der Waals surface area contributed by atoms with Gasteiger partial charge in [0, 0.05) is 12.0 Å². The van der Waals surface area contributed by atoms with Gasteiger partial charge in [-0.3, -0.25) is 0 Å². The summed E-state index contributed by atoms with van der Waals surface area (Å²) in [6.07, 6.45) is 0.736. The van der Waals surface area contributed by atoms with Crippen molar-refractivity contribution < 1.29 is 13.9 Å². The molecule has 0 fully saturated rings. The summed E-state index contributed by atoms with van der Waals surface area (Å²) >= 11 is 0. The Morgan fingerprint density at radius 3 is 2.03 bits per heavy atom. The highest BCUT2D eigenvalue weighted by Gasteiger charge is 2.25. The van der Waals surface area contributed by atoms with Gasteiger partial charge in [0.2, 0.25) is 0 Å². The van der Waals surface area contributed by atoms with Gasteiger partial charge in [-0.25, -0.2) is 0 Å². The van der Waals surface area contributed by atoms with Crippen molar-refractivity contribution in [2.75, 3.05) is 0 Å². The molecule has 0 aromatic heterocycles.